The van der Waals surface area contributed by atoms with Crippen LogP contribution in [0, 0.1) is 0 Å². The molecular formula is C22H16O2. The Morgan fingerprint density at radius 2 is 1.50 bits per heavy atom. The molecule has 0 heterocycles. The third kappa shape index (κ3) is 2.63. The standard InChI is InChI=1S/C22H16O2/c23-22(24-21-15-14-17-10-4-5-12-19(17)21)20-13-7-6-11-18(20)16-8-2-1-3-9-16/h1-15,21H. The van der Waals surface area contributed by atoms with E-state index in [1.807, 2.05) is 91.0 Å². The quantitative estimate of drug-likeness (QED) is 0.615. The SMILES string of the molecule is O=C(OC1C=Cc2ccccc21)c1ccccc1-c1ccccc1. The van der Waals surface area contributed by atoms with Crippen LogP contribution >= 0.6 is 0 Å². The van der Waals surface area contributed by atoms with Gasteiger partial charge in [0.25, 0.3) is 0 Å². The minimum Gasteiger partial charge on any atom is -0.450 e. The van der Waals surface area contributed by atoms with Crippen molar-refractivity contribution >= 4 is 12.0 Å². The van der Waals surface area contributed by atoms with E-state index in [9.17, 15) is 4.79 Å². The first kappa shape index (κ1) is 14.5. The molecule has 0 amide bonds. The first-order valence-electron chi connectivity index (χ1n) is 7.95. The van der Waals surface area contributed by atoms with E-state index in [4.69, 9.17) is 4.74 Å². The Kier molecular flexibility index (Phi) is 3.72. The summed E-state index contributed by atoms with van der Waals surface area (Å²) in [5, 5.41) is 0. The van der Waals surface area contributed by atoms with E-state index in [1.165, 1.54) is 0 Å². The van der Waals surface area contributed by atoms with Crippen LogP contribution in [-0.2, 0) is 4.74 Å². The number of ether oxygens (including phenoxy) is 1. The maximum Gasteiger partial charge on any atom is 0.339 e. The average Bonchev–Trinajstić information content (AvgIpc) is 3.05. The van der Waals surface area contributed by atoms with Gasteiger partial charge in [0.15, 0.2) is 0 Å². The van der Waals surface area contributed by atoms with Crippen LogP contribution in [0.25, 0.3) is 17.2 Å². The Labute approximate surface area is 141 Å². The summed E-state index contributed by atoms with van der Waals surface area (Å²) >= 11 is 0. The van der Waals surface area contributed by atoms with Gasteiger partial charge >= 0.3 is 5.97 Å². The molecule has 0 saturated carbocycles. The first-order chi connectivity index (χ1) is 11.8. The van der Waals surface area contributed by atoms with E-state index in [-0.39, 0.29) is 12.1 Å². The third-order valence-corrected chi connectivity index (χ3v) is 4.22. The van der Waals surface area contributed by atoms with Gasteiger partial charge in [0.05, 0.1) is 5.56 Å². The number of carbonyl (C=O) groups is 1. The zero-order chi connectivity index (χ0) is 16.4. The van der Waals surface area contributed by atoms with Gasteiger partial charge in [-0.25, -0.2) is 4.79 Å². The van der Waals surface area contributed by atoms with Crippen molar-refractivity contribution in [3.05, 3.63) is 102 Å². The van der Waals surface area contributed by atoms with E-state index in [0.29, 0.717) is 5.56 Å². The Bertz CT molecular complexity index is 910. The third-order valence-electron chi connectivity index (χ3n) is 4.22. The maximum absolute atomic E-state index is 12.7. The molecule has 2 nitrogen and oxygen atoms in total. The maximum atomic E-state index is 12.7. The van der Waals surface area contributed by atoms with Gasteiger partial charge in [-0.15, -0.1) is 0 Å². The van der Waals surface area contributed by atoms with Crippen molar-refractivity contribution in [1.82, 2.24) is 0 Å². The van der Waals surface area contributed by atoms with Crippen molar-refractivity contribution in [2.75, 3.05) is 0 Å². The molecule has 3 aromatic rings. The molecule has 4 rings (SSSR count). The van der Waals surface area contributed by atoms with E-state index >= 15 is 0 Å². The Morgan fingerprint density at radius 1 is 0.792 bits per heavy atom. The highest BCUT2D eigenvalue weighted by atomic mass is 16.5. The lowest BCUT2D eigenvalue weighted by atomic mass is 10.00. The lowest BCUT2D eigenvalue weighted by Crippen LogP contribution is -2.10. The van der Waals surface area contributed by atoms with Gasteiger partial charge in [0.2, 0.25) is 0 Å². The molecule has 1 atom stereocenters. The van der Waals surface area contributed by atoms with Crippen molar-refractivity contribution in [3.8, 4) is 11.1 Å². The molecule has 2 heteroatoms. The van der Waals surface area contributed by atoms with E-state index in [0.717, 1.165) is 22.3 Å². The first-order valence-corrected chi connectivity index (χ1v) is 7.95. The summed E-state index contributed by atoms with van der Waals surface area (Å²) in [4.78, 5) is 12.7. The zero-order valence-electron chi connectivity index (χ0n) is 13.1. The van der Waals surface area contributed by atoms with Gasteiger partial charge in [-0.3, -0.25) is 0 Å². The smallest absolute Gasteiger partial charge is 0.339 e. The van der Waals surface area contributed by atoms with Gasteiger partial charge in [0.1, 0.15) is 6.10 Å². The topological polar surface area (TPSA) is 26.3 Å². The van der Waals surface area contributed by atoms with E-state index in [2.05, 4.69) is 0 Å². The minimum atomic E-state index is -0.322. The molecule has 0 radical (unpaired) electrons. The number of hydrogen-bond donors (Lipinski definition) is 0. The summed E-state index contributed by atoms with van der Waals surface area (Å²) < 4.78 is 5.76. The largest absolute Gasteiger partial charge is 0.450 e. The minimum absolute atomic E-state index is 0.305. The molecule has 0 fully saturated rings. The number of benzene rings is 3. The molecular weight excluding hydrogens is 296 g/mol. The van der Waals surface area contributed by atoms with Crippen molar-refractivity contribution in [3.63, 3.8) is 0 Å². The molecule has 1 aliphatic carbocycles. The summed E-state index contributed by atoms with van der Waals surface area (Å²) in [6.45, 7) is 0. The predicted octanol–water partition coefficient (Wildman–Crippen LogP) is 5.28. The van der Waals surface area contributed by atoms with Crippen LogP contribution in [0.5, 0.6) is 0 Å². The molecule has 1 unspecified atom stereocenters. The second-order valence-corrected chi connectivity index (χ2v) is 5.73. The van der Waals surface area contributed by atoms with Gasteiger partial charge < -0.3 is 4.74 Å². The van der Waals surface area contributed by atoms with E-state index < -0.39 is 0 Å². The predicted molar refractivity (Wildman–Crippen MR) is 95.5 cm³/mol. The molecule has 116 valence electrons. The van der Waals surface area contributed by atoms with Gasteiger partial charge in [-0.2, -0.15) is 0 Å². The van der Waals surface area contributed by atoms with Crippen molar-refractivity contribution in [2.45, 2.75) is 6.10 Å². The summed E-state index contributed by atoms with van der Waals surface area (Å²) in [7, 11) is 0. The highest BCUT2D eigenvalue weighted by Gasteiger charge is 2.22. The molecule has 3 aromatic carbocycles. The van der Waals surface area contributed by atoms with Crippen LogP contribution in [0.3, 0.4) is 0 Å². The van der Waals surface area contributed by atoms with E-state index in [1.54, 1.807) is 0 Å². The number of hydrogen-bond acceptors (Lipinski definition) is 2. The van der Waals surface area contributed by atoms with Gasteiger partial charge in [-0.05, 0) is 28.8 Å². The lowest BCUT2D eigenvalue weighted by molar-refractivity contribution is 0.0398. The normalized spacial score (nSPS) is 15.1. The Balaban J connectivity index is 1.64. The van der Waals surface area contributed by atoms with Gasteiger partial charge in [0, 0.05) is 5.56 Å². The van der Waals surface area contributed by atoms with Crippen molar-refractivity contribution in [2.24, 2.45) is 0 Å². The van der Waals surface area contributed by atoms with Crippen LogP contribution < -0.4 is 0 Å². The fraction of sp³-hybridized carbons (Fsp3) is 0.0455. The summed E-state index contributed by atoms with van der Waals surface area (Å²) in [6, 6.07) is 25.4. The number of esters is 1. The summed E-state index contributed by atoms with van der Waals surface area (Å²) in [5.74, 6) is -0.305. The average molecular weight is 312 g/mol. The highest BCUT2D eigenvalue weighted by molar-refractivity contribution is 5.97. The van der Waals surface area contributed by atoms with Crippen LogP contribution in [-0.4, -0.2) is 5.97 Å². The molecule has 0 bridgehead atoms. The molecule has 24 heavy (non-hydrogen) atoms. The fourth-order valence-corrected chi connectivity index (χ4v) is 3.03. The second kappa shape index (κ2) is 6.17. The molecule has 1 aliphatic rings. The molecule has 0 saturated heterocycles. The molecule has 0 spiro atoms. The molecule has 0 aliphatic heterocycles. The molecule has 0 aromatic heterocycles. The van der Waals surface area contributed by atoms with Crippen molar-refractivity contribution < 1.29 is 9.53 Å². The van der Waals surface area contributed by atoms with Crippen LogP contribution in [0.1, 0.15) is 27.6 Å². The summed E-state index contributed by atoms with van der Waals surface area (Å²) in [6.07, 6.45) is 3.60. The zero-order valence-corrected chi connectivity index (χ0v) is 13.1. The fourth-order valence-electron chi connectivity index (χ4n) is 3.03. The monoisotopic (exact) mass is 312 g/mol. The Hall–Kier alpha value is -3.13. The Morgan fingerprint density at radius 3 is 2.38 bits per heavy atom. The molecule has 0 N–H and O–H groups in total. The lowest BCUT2D eigenvalue weighted by Gasteiger charge is -2.15. The van der Waals surface area contributed by atoms with Crippen LogP contribution in [0.2, 0.25) is 0 Å². The second-order valence-electron chi connectivity index (χ2n) is 5.73. The number of rotatable bonds is 3. The highest BCUT2D eigenvalue weighted by Crippen LogP contribution is 2.32. The van der Waals surface area contributed by atoms with Gasteiger partial charge in [-0.1, -0.05) is 78.9 Å². The van der Waals surface area contributed by atoms with Crippen molar-refractivity contribution in [1.29, 1.82) is 0 Å². The number of carbonyl (C=O) groups excluding carboxylic acids is 1. The summed E-state index contributed by atoms with van der Waals surface area (Å²) in [5.41, 5.74) is 4.61. The van der Waals surface area contributed by atoms with Crippen LogP contribution in [0.15, 0.2) is 84.9 Å². The number of fused-ring (bicyclic) bond motifs is 1. The van der Waals surface area contributed by atoms with Crippen LogP contribution in [0.4, 0.5) is 0 Å².